The van der Waals surface area contributed by atoms with Crippen molar-refractivity contribution in [2.75, 3.05) is 25.0 Å². The number of aromatic nitrogens is 2. The SMILES string of the molecule is Cc1cc(C)nc(Nc2ccc(C(=O)N3CCOC(c4ccccc4)C3)cc2)n1. The number of aryl methyl sites for hydroxylation is 2. The van der Waals surface area contributed by atoms with E-state index in [1.807, 2.05) is 79.4 Å². The number of morpholine rings is 1. The molecule has 0 radical (unpaired) electrons. The third kappa shape index (κ3) is 4.60. The molecule has 2 aromatic carbocycles. The molecule has 3 aromatic rings. The van der Waals surface area contributed by atoms with E-state index in [-0.39, 0.29) is 12.0 Å². The first-order valence-corrected chi connectivity index (χ1v) is 9.74. The molecule has 0 spiro atoms. The highest BCUT2D eigenvalue weighted by Gasteiger charge is 2.26. The molecule has 29 heavy (non-hydrogen) atoms. The molecule has 4 rings (SSSR count). The zero-order valence-electron chi connectivity index (χ0n) is 16.6. The standard InChI is InChI=1S/C23H24N4O2/c1-16-14-17(2)25-23(24-16)26-20-10-8-19(9-11-20)22(28)27-12-13-29-21(15-27)18-6-4-3-5-7-18/h3-11,14,21H,12-13,15H2,1-2H3,(H,24,25,26). The quantitative estimate of drug-likeness (QED) is 0.730. The van der Waals surface area contributed by atoms with Crippen LogP contribution in [0.2, 0.25) is 0 Å². The van der Waals surface area contributed by atoms with Crippen molar-refractivity contribution in [3.05, 3.63) is 83.2 Å². The van der Waals surface area contributed by atoms with Crippen molar-refractivity contribution in [2.45, 2.75) is 20.0 Å². The Bertz CT molecular complexity index is 969. The molecule has 6 heteroatoms. The molecule has 1 N–H and O–H groups in total. The van der Waals surface area contributed by atoms with E-state index in [0.29, 0.717) is 31.2 Å². The summed E-state index contributed by atoms with van der Waals surface area (Å²) >= 11 is 0. The van der Waals surface area contributed by atoms with Gasteiger partial charge in [-0.1, -0.05) is 30.3 Å². The van der Waals surface area contributed by atoms with Gasteiger partial charge >= 0.3 is 0 Å². The van der Waals surface area contributed by atoms with Crippen molar-refractivity contribution in [1.29, 1.82) is 0 Å². The maximum Gasteiger partial charge on any atom is 0.254 e. The molecule has 1 aliphatic heterocycles. The van der Waals surface area contributed by atoms with Gasteiger partial charge in [-0.3, -0.25) is 4.79 Å². The molecule has 1 unspecified atom stereocenters. The number of amides is 1. The van der Waals surface area contributed by atoms with Gasteiger partial charge in [0.25, 0.3) is 5.91 Å². The molecular formula is C23H24N4O2. The third-order valence-electron chi connectivity index (χ3n) is 4.90. The lowest BCUT2D eigenvalue weighted by molar-refractivity contribution is -0.0228. The zero-order valence-corrected chi connectivity index (χ0v) is 16.6. The highest BCUT2D eigenvalue weighted by Crippen LogP contribution is 2.23. The Kier molecular flexibility index (Phi) is 5.53. The second-order valence-electron chi connectivity index (χ2n) is 7.20. The van der Waals surface area contributed by atoms with Crippen LogP contribution in [-0.2, 0) is 4.74 Å². The van der Waals surface area contributed by atoms with Gasteiger partial charge in [0.05, 0.1) is 13.2 Å². The molecule has 1 amide bonds. The van der Waals surface area contributed by atoms with Crippen LogP contribution in [0, 0.1) is 13.8 Å². The van der Waals surface area contributed by atoms with Gasteiger partial charge < -0.3 is 15.0 Å². The molecule has 1 aromatic heterocycles. The van der Waals surface area contributed by atoms with E-state index in [4.69, 9.17) is 4.74 Å². The maximum absolute atomic E-state index is 13.0. The molecule has 1 fully saturated rings. The number of hydrogen-bond acceptors (Lipinski definition) is 5. The van der Waals surface area contributed by atoms with E-state index in [9.17, 15) is 4.79 Å². The molecule has 1 saturated heterocycles. The molecule has 2 heterocycles. The number of carbonyl (C=O) groups excluding carboxylic acids is 1. The number of carbonyl (C=O) groups is 1. The summed E-state index contributed by atoms with van der Waals surface area (Å²) < 4.78 is 5.87. The molecule has 1 aliphatic rings. The summed E-state index contributed by atoms with van der Waals surface area (Å²) in [7, 11) is 0. The zero-order chi connectivity index (χ0) is 20.2. The number of nitrogens with one attached hydrogen (secondary N) is 1. The van der Waals surface area contributed by atoms with E-state index in [0.717, 1.165) is 22.6 Å². The van der Waals surface area contributed by atoms with Crippen molar-refractivity contribution < 1.29 is 9.53 Å². The van der Waals surface area contributed by atoms with E-state index < -0.39 is 0 Å². The third-order valence-corrected chi connectivity index (χ3v) is 4.90. The summed E-state index contributed by atoms with van der Waals surface area (Å²) in [6, 6.07) is 19.4. The summed E-state index contributed by atoms with van der Waals surface area (Å²) in [6.07, 6.45) is -0.0865. The molecule has 0 aliphatic carbocycles. The predicted octanol–water partition coefficient (Wildman–Crippen LogP) is 4.05. The Hall–Kier alpha value is -3.25. The van der Waals surface area contributed by atoms with Crippen molar-refractivity contribution in [2.24, 2.45) is 0 Å². The van der Waals surface area contributed by atoms with Crippen molar-refractivity contribution >= 4 is 17.5 Å². The number of ether oxygens (including phenoxy) is 1. The van der Waals surface area contributed by atoms with Gasteiger partial charge in [-0.25, -0.2) is 9.97 Å². The van der Waals surface area contributed by atoms with Crippen molar-refractivity contribution in [3.8, 4) is 0 Å². The maximum atomic E-state index is 13.0. The molecule has 0 bridgehead atoms. The van der Waals surface area contributed by atoms with Gasteiger partial charge in [0.15, 0.2) is 0 Å². The average molecular weight is 388 g/mol. The minimum absolute atomic E-state index is 0.0171. The van der Waals surface area contributed by atoms with Crippen molar-refractivity contribution in [1.82, 2.24) is 14.9 Å². The first-order chi connectivity index (χ1) is 14.1. The number of nitrogens with zero attached hydrogens (tertiary/aromatic N) is 3. The topological polar surface area (TPSA) is 67.4 Å². The van der Waals surface area contributed by atoms with Gasteiger partial charge in [0, 0.05) is 29.2 Å². The molecule has 6 nitrogen and oxygen atoms in total. The summed E-state index contributed by atoms with van der Waals surface area (Å²) in [6.45, 7) is 5.56. The molecule has 0 saturated carbocycles. The summed E-state index contributed by atoms with van der Waals surface area (Å²) in [4.78, 5) is 23.6. The molecule has 148 valence electrons. The molecule has 1 atom stereocenters. The van der Waals surface area contributed by atoms with E-state index in [1.54, 1.807) is 0 Å². The van der Waals surface area contributed by atoms with Crippen LogP contribution >= 0.6 is 0 Å². The van der Waals surface area contributed by atoms with Crippen LogP contribution in [0.1, 0.15) is 33.4 Å². The highest BCUT2D eigenvalue weighted by molar-refractivity contribution is 5.94. The van der Waals surface area contributed by atoms with Gasteiger partial charge in [-0.2, -0.15) is 0 Å². The monoisotopic (exact) mass is 388 g/mol. The fraction of sp³-hybridized carbons (Fsp3) is 0.261. The summed E-state index contributed by atoms with van der Waals surface area (Å²) in [5.74, 6) is 0.573. The first kappa shape index (κ1) is 19.1. The Morgan fingerprint density at radius 1 is 1.03 bits per heavy atom. The van der Waals surface area contributed by atoms with E-state index in [2.05, 4.69) is 15.3 Å². The second-order valence-corrected chi connectivity index (χ2v) is 7.20. The van der Waals surface area contributed by atoms with E-state index >= 15 is 0 Å². The number of rotatable bonds is 4. The van der Waals surface area contributed by atoms with Crippen molar-refractivity contribution in [3.63, 3.8) is 0 Å². The van der Waals surface area contributed by atoms with Gasteiger partial charge in [0.1, 0.15) is 6.10 Å². The largest absolute Gasteiger partial charge is 0.370 e. The Morgan fingerprint density at radius 2 is 1.72 bits per heavy atom. The van der Waals surface area contributed by atoms with Gasteiger partial charge in [-0.05, 0) is 49.7 Å². The van der Waals surface area contributed by atoms with Crippen LogP contribution in [0.4, 0.5) is 11.6 Å². The van der Waals surface area contributed by atoms with Crippen LogP contribution < -0.4 is 5.32 Å². The number of hydrogen-bond donors (Lipinski definition) is 1. The second kappa shape index (κ2) is 8.41. The normalized spacial score (nSPS) is 16.5. The van der Waals surface area contributed by atoms with Crippen LogP contribution in [-0.4, -0.2) is 40.5 Å². The summed E-state index contributed by atoms with van der Waals surface area (Å²) in [5, 5.41) is 3.19. The fourth-order valence-electron chi connectivity index (χ4n) is 3.49. The van der Waals surface area contributed by atoms with Gasteiger partial charge in [-0.15, -0.1) is 0 Å². The van der Waals surface area contributed by atoms with Crippen LogP contribution in [0.15, 0.2) is 60.7 Å². The highest BCUT2D eigenvalue weighted by atomic mass is 16.5. The lowest BCUT2D eigenvalue weighted by atomic mass is 10.1. The fourth-order valence-corrected chi connectivity index (χ4v) is 3.49. The van der Waals surface area contributed by atoms with Crippen LogP contribution in [0.5, 0.6) is 0 Å². The Balaban J connectivity index is 1.43. The number of benzene rings is 2. The smallest absolute Gasteiger partial charge is 0.254 e. The minimum atomic E-state index is -0.0865. The van der Waals surface area contributed by atoms with Crippen LogP contribution in [0.25, 0.3) is 0 Å². The molecular weight excluding hydrogens is 364 g/mol. The van der Waals surface area contributed by atoms with Gasteiger partial charge in [0.2, 0.25) is 5.95 Å². The number of anilines is 2. The summed E-state index contributed by atoms with van der Waals surface area (Å²) in [5.41, 5.74) is 4.42. The Morgan fingerprint density at radius 3 is 2.41 bits per heavy atom. The van der Waals surface area contributed by atoms with E-state index in [1.165, 1.54) is 0 Å². The van der Waals surface area contributed by atoms with Crippen LogP contribution in [0.3, 0.4) is 0 Å². The lowest BCUT2D eigenvalue weighted by Crippen LogP contribution is -2.42. The lowest BCUT2D eigenvalue weighted by Gasteiger charge is -2.33. The predicted molar refractivity (Wildman–Crippen MR) is 112 cm³/mol. The first-order valence-electron chi connectivity index (χ1n) is 9.74. The minimum Gasteiger partial charge on any atom is -0.370 e. The average Bonchev–Trinajstić information content (AvgIpc) is 2.74. The Labute approximate surface area is 170 Å².